The Morgan fingerprint density at radius 3 is 2.60 bits per heavy atom. The molecule has 0 aliphatic carbocycles. The zero-order valence-corrected chi connectivity index (χ0v) is 14.1. The average Bonchev–Trinajstić information content (AvgIpc) is 2.60. The number of ether oxygens (including phenoxy) is 1. The summed E-state index contributed by atoms with van der Waals surface area (Å²) in [4.78, 5) is 32.9. The van der Waals surface area contributed by atoms with Gasteiger partial charge in [-0.05, 0) is 25.3 Å². The topological polar surface area (TPSA) is 144 Å². The van der Waals surface area contributed by atoms with Crippen LogP contribution in [0.15, 0.2) is 23.1 Å². The number of benzene rings is 1. The third kappa shape index (κ3) is 3.61. The molecule has 1 aliphatic rings. The van der Waals surface area contributed by atoms with Gasteiger partial charge in [-0.15, -0.1) is 0 Å². The SMILES string of the molecule is COC(=O)c1cc([N+](=O)[O-])ccc1S(=O)(=O)N1CCCCC1C(=O)O. The maximum atomic E-state index is 12.9. The summed E-state index contributed by atoms with van der Waals surface area (Å²) in [5.41, 5.74) is -0.987. The van der Waals surface area contributed by atoms with E-state index in [0.29, 0.717) is 12.8 Å². The molecule has 0 spiro atoms. The van der Waals surface area contributed by atoms with Crippen molar-refractivity contribution in [3.8, 4) is 0 Å². The van der Waals surface area contributed by atoms with E-state index in [4.69, 9.17) is 0 Å². The molecule has 1 fully saturated rings. The summed E-state index contributed by atoms with van der Waals surface area (Å²) in [5.74, 6) is -2.35. The van der Waals surface area contributed by atoms with E-state index in [9.17, 15) is 33.2 Å². The number of esters is 1. The number of nitro groups is 1. The van der Waals surface area contributed by atoms with Gasteiger partial charge in [-0.25, -0.2) is 13.2 Å². The number of methoxy groups -OCH3 is 1. The first kappa shape index (κ1) is 18.8. The van der Waals surface area contributed by atoms with Crippen LogP contribution in [0, 0.1) is 10.1 Å². The zero-order chi connectivity index (χ0) is 18.8. The molecule has 1 N–H and O–H groups in total. The molecule has 136 valence electrons. The Hall–Kier alpha value is -2.53. The van der Waals surface area contributed by atoms with Crippen LogP contribution < -0.4 is 0 Å². The number of carbonyl (C=O) groups is 2. The Kier molecular flexibility index (Phi) is 5.38. The molecule has 0 bridgehead atoms. The molecule has 25 heavy (non-hydrogen) atoms. The van der Waals surface area contributed by atoms with Crippen LogP contribution >= 0.6 is 0 Å². The third-order valence-electron chi connectivity index (χ3n) is 3.90. The molecule has 1 heterocycles. The van der Waals surface area contributed by atoms with Gasteiger partial charge in [0, 0.05) is 18.7 Å². The molecule has 1 atom stereocenters. The molecule has 1 aliphatic heterocycles. The summed E-state index contributed by atoms with van der Waals surface area (Å²) < 4.78 is 31.1. The molecule has 11 heteroatoms. The van der Waals surface area contributed by atoms with E-state index in [-0.39, 0.29) is 13.0 Å². The van der Waals surface area contributed by atoms with Crippen molar-refractivity contribution in [2.24, 2.45) is 0 Å². The summed E-state index contributed by atoms with van der Waals surface area (Å²) >= 11 is 0. The van der Waals surface area contributed by atoms with Gasteiger partial charge in [-0.2, -0.15) is 4.31 Å². The van der Waals surface area contributed by atoms with Crippen LogP contribution in [0.1, 0.15) is 29.6 Å². The molecule has 1 unspecified atom stereocenters. The standard InChI is InChI=1S/C14H16N2O8S/c1-24-14(19)10-8-9(16(20)21)5-6-12(10)25(22,23)15-7-3-2-4-11(15)13(17)18/h5-6,8,11H,2-4,7H2,1H3,(H,17,18). The number of hydrogen-bond acceptors (Lipinski definition) is 7. The molecule has 0 amide bonds. The summed E-state index contributed by atoms with van der Waals surface area (Å²) in [6.07, 6.45) is 1.19. The summed E-state index contributed by atoms with van der Waals surface area (Å²) in [5, 5.41) is 20.2. The van der Waals surface area contributed by atoms with Crippen LogP contribution in [0.2, 0.25) is 0 Å². The molecule has 1 aromatic rings. The molecule has 0 saturated carbocycles. The summed E-state index contributed by atoms with van der Waals surface area (Å²) in [6, 6.07) is 1.42. The van der Waals surface area contributed by atoms with Crippen molar-refractivity contribution >= 4 is 27.6 Å². The highest BCUT2D eigenvalue weighted by Crippen LogP contribution is 2.30. The molecule has 1 aromatic carbocycles. The zero-order valence-electron chi connectivity index (χ0n) is 13.2. The number of rotatable bonds is 5. The quantitative estimate of drug-likeness (QED) is 0.458. The first-order valence-corrected chi connectivity index (χ1v) is 8.75. The van der Waals surface area contributed by atoms with Crippen LogP contribution in [0.4, 0.5) is 5.69 Å². The number of carboxylic acids is 1. The lowest BCUT2D eigenvalue weighted by Gasteiger charge is -2.32. The van der Waals surface area contributed by atoms with Gasteiger partial charge in [0.2, 0.25) is 10.0 Å². The highest BCUT2D eigenvalue weighted by atomic mass is 32.2. The van der Waals surface area contributed by atoms with Crippen LogP contribution in [-0.2, 0) is 19.6 Å². The van der Waals surface area contributed by atoms with E-state index in [2.05, 4.69) is 4.74 Å². The fourth-order valence-electron chi connectivity index (χ4n) is 2.69. The second-order valence-electron chi connectivity index (χ2n) is 5.39. The molecule has 1 saturated heterocycles. The lowest BCUT2D eigenvalue weighted by atomic mass is 10.1. The van der Waals surface area contributed by atoms with E-state index >= 15 is 0 Å². The lowest BCUT2D eigenvalue weighted by Crippen LogP contribution is -2.48. The molecule has 10 nitrogen and oxygen atoms in total. The van der Waals surface area contributed by atoms with E-state index < -0.39 is 49.1 Å². The summed E-state index contributed by atoms with van der Waals surface area (Å²) in [6.45, 7) is -0.0170. The number of nitrogens with zero attached hydrogens (tertiary/aromatic N) is 2. The third-order valence-corrected chi connectivity index (χ3v) is 5.87. The van der Waals surface area contributed by atoms with Gasteiger partial charge in [0.1, 0.15) is 6.04 Å². The highest BCUT2D eigenvalue weighted by molar-refractivity contribution is 7.89. The normalized spacial score (nSPS) is 18.5. The predicted octanol–water partition coefficient (Wildman–Crippen LogP) is 1.01. The van der Waals surface area contributed by atoms with Gasteiger partial charge >= 0.3 is 11.9 Å². The number of aliphatic carboxylic acids is 1. The summed E-state index contributed by atoms with van der Waals surface area (Å²) in [7, 11) is -3.34. The van der Waals surface area contributed by atoms with Gasteiger partial charge in [0.15, 0.2) is 0 Å². The minimum Gasteiger partial charge on any atom is -0.480 e. The molecule has 0 aromatic heterocycles. The van der Waals surface area contributed by atoms with Crippen LogP contribution in [0.3, 0.4) is 0 Å². The highest BCUT2D eigenvalue weighted by Gasteiger charge is 2.39. The Balaban J connectivity index is 2.60. The second kappa shape index (κ2) is 7.15. The number of sulfonamides is 1. The number of piperidine rings is 1. The van der Waals surface area contributed by atoms with Crippen molar-refractivity contribution in [3.05, 3.63) is 33.9 Å². The minimum absolute atomic E-state index is 0.0170. The number of non-ortho nitro benzene ring substituents is 1. The van der Waals surface area contributed by atoms with Gasteiger partial charge < -0.3 is 9.84 Å². The van der Waals surface area contributed by atoms with Crippen molar-refractivity contribution in [2.75, 3.05) is 13.7 Å². The lowest BCUT2D eigenvalue weighted by molar-refractivity contribution is -0.384. The van der Waals surface area contributed by atoms with Crippen molar-refractivity contribution < 1.29 is 32.8 Å². The first-order valence-electron chi connectivity index (χ1n) is 7.31. The van der Waals surface area contributed by atoms with E-state index in [1.54, 1.807) is 0 Å². The predicted molar refractivity (Wildman–Crippen MR) is 83.6 cm³/mol. The van der Waals surface area contributed by atoms with E-state index in [0.717, 1.165) is 29.6 Å². The number of carboxylic acid groups (broad SMARTS) is 1. The van der Waals surface area contributed by atoms with Gasteiger partial charge in [-0.1, -0.05) is 0 Å². The molecular formula is C14H16N2O8S. The Labute approximate surface area is 143 Å². The minimum atomic E-state index is -4.36. The van der Waals surface area contributed by atoms with Gasteiger partial charge in [0.05, 0.1) is 22.5 Å². The van der Waals surface area contributed by atoms with Crippen molar-refractivity contribution in [1.29, 1.82) is 0 Å². The van der Waals surface area contributed by atoms with Crippen LogP contribution in [-0.4, -0.2) is 54.4 Å². The first-order chi connectivity index (χ1) is 11.7. The van der Waals surface area contributed by atoms with Gasteiger partial charge in [-0.3, -0.25) is 14.9 Å². The van der Waals surface area contributed by atoms with E-state index in [1.165, 1.54) is 0 Å². The number of carbonyl (C=O) groups excluding carboxylic acids is 1. The van der Waals surface area contributed by atoms with E-state index in [1.807, 2.05) is 0 Å². The number of nitro benzene ring substituents is 1. The van der Waals surface area contributed by atoms with Crippen molar-refractivity contribution in [3.63, 3.8) is 0 Å². The Morgan fingerprint density at radius 2 is 2.04 bits per heavy atom. The second-order valence-corrected chi connectivity index (χ2v) is 7.25. The van der Waals surface area contributed by atoms with Gasteiger partial charge in [0.25, 0.3) is 5.69 Å². The monoisotopic (exact) mass is 372 g/mol. The van der Waals surface area contributed by atoms with Crippen molar-refractivity contribution in [2.45, 2.75) is 30.2 Å². The maximum absolute atomic E-state index is 12.9. The fourth-order valence-corrected chi connectivity index (χ4v) is 4.50. The van der Waals surface area contributed by atoms with Crippen LogP contribution in [0.25, 0.3) is 0 Å². The average molecular weight is 372 g/mol. The smallest absolute Gasteiger partial charge is 0.339 e. The van der Waals surface area contributed by atoms with Crippen LogP contribution in [0.5, 0.6) is 0 Å². The largest absolute Gasteiger partial charge is 0.480 e. The molecular weight excluding hydrogens is 356 g/mol. The fraction of sp³-hybridized carbons (Fsp3) is 0.429. The molecule has 0 radical (unpaired) electrons. The maximum Gasteiger partial charge on any atom is 0.339 e. The van der Waals surface area contributed by atoms with Crippen molar-refractivity contribution in [1.82, 2.24) is 4.31 Å². The Bertz CT molecular complexity index is 820. The number of hydrogen-bond donors (Lipinski definition) is 1. The molecule has 2 rings (SSSR count). The Morgan fingerprint density at radius 1 is 1.36 bits per heavy atom.